The summed E-state index contributed by atoms with van der Waals surface area (Å²) in [5, 5.41) is 12.1. The third-order valence-electron chi connectivity index (χ3n) is 5.09. The lowest BCUT2D eigenvalue weighted by molar-refractivity contribution is 0.628. The number of thiazole rings is 1. The van der Waals surface area contributed by atoms with E-state index in [1.165, 1.54) is 0 Å². The van der Waals surface area contributed by atoms with Gasteiger partial charge in [0.05, 0.1) is 11.4 Å². The average molecular weight is 420 g/mol. The SMILES string of the molecule is c1ccc(N=Nc2nc3scc(-c4ccccc4)n3c2-c2cc3ccccc3o2)cc1. The van der Waals surface area contributed by atoms with Gasteiger partial charge in [-0.15, -0.1) is 21.6 Å². The van der Waals surface area contributed by atoms with E-state index in [0.717, 1.165) is 38.6 Å². The molecule has 0 aliphatic rings. The maximum Gasteiger partial charge on any atom is 0.205 e. The number of hydrogen-bond donors (Lipinski definition) is 0. The molecule has 0 saturated carbocycles. The summed E-state index contributed by atoms with van der Waals surface area (Å²) in [6, 6.07) is 29.9. The average Bonchev–Trinajstić information content (AvgIpc) is 3.51. The molecule has 0 saturated heterocycles. The molecule has 6 rings (SSSR count). The van der Waals surface area contributed by atoms with Crippen LogP contribution in [0.25, 0.3) is 38.6 Å². The fourth-order valence-electron chi connectivity index (χ4n) is 3.65. The molecule has 0 atom stereocenters. The van der Waals surface area contributed by atoms with Gasteiger partial charge in [0.1, 0.15) is 11.3 Å². The van der Waals surface area contributed by atoms with E-state index >= 15 is 0 Å². The zero-order valence-corrected chi connectivity index (χ0v) is 17.2. The molecule has 0 unspecified atom stereocenters. The second kappa shape index (κ2) is 7.34. The van der Waals surface area contributed by atoms with Crippen molar-refractivity contribution >= 4 is 38.8 Å². The van der Waals surface area contributed by atoms with Gasteiger partial charge in [0.25, 0.3) is 0 Å². The number of aromatic nitrogens is 2. The fraction of sp³-hybridized carbons (Fsp3) is 0. The zero-order chi connectivity index (χ0) is 20.6. The number of imidazole rings is 1. The number of furan rings is 1. The first-order valence-corrected chi connectivity index (χ1v) is 10.8. The first-order chi connectivity index (χ1) is 15.4. The Balaban J connectivity index is 1.60. The van der Waals surface area contributed by atoms with E-state index in [-0.39, 0.29) is 0 Å². The van der Waals surface area contributed by atoms with Crippen molar-refractivity contribution in [1.29, 1.82) is 0 Å². The summed E-state index contributed by atoms with van der Waals surface area (Å²) in [6.07, 6.45) is 0. The summed E-state index contributed by atoms with van der Waals surface area (Å²) in [5.74, 6) is 1.25. The number of benzene rings is 3. The lowest BCUT2D eigenvalue weighted by Crippen LogP contribution is -1.88. The van der Waals surface area contributed by atoms with Crippen LogP contribution < -0.4 is 0 Å². The van der Waals surface area contributed by atoms with E-state index in [1.54, 1.807) is 11.3 Å². The van der Waals surface area contributed by atoms with Gasteiger partial charge in [0, 0.05) is 10.8 Å². The Morgan fingerprint density at radius 2 is 1.55 bits per heavy atom. The van der Waals surface area contributed by atoms with E-state index < -0.39 is 0 Å². The Labute approximate surface area is 182 Å². The minimum Gasteiger partial charge on any atom is -0.454 e. The highest BCUT2D eigenvalue weighted by Crippen LogP contribution is 2.40. The van der Waals surface area contributed by atoms with Gasteiger partial charge >= 0.3 is 0 Å². The fourth-order valence-corrected chi connectivity index (χ4v) is 4.54. The predicted octanol–water partition coefficient (Wildman–Crippen LogP) is 7.89. The Morgan fingerprint density at radius 3 is 2.35 bits per heavy atom. The predicted molar refractivity (Wildman–Crippen MR) is 124 cm³/mol. The van der Waals surface area contributed by atoms with Gasteiger partial charge < -0.3 is 4.42 Å². The highest BCUT2D eigenvalue weighted by molar-refractivity contribution is 7.15. The molecule has 0 amide bonds. The van der Waals surface area contributed by atoms with Crippen LogP contribution in [-0.4, -0.2) is 9.38 Å². The maximum absolute atomic E-state index is 6.22. The molecule has 3 aromatic heterocycles. The monoisotopic (exact) mass is 420 g/mol. The topological polar surface area (TPSA) is 55.2 Å². The minimum atomic E-state index is 0.534. The van der Waals surface area contributed by atoms with Crippen LogP contribution in [0.15, 0.2) is 111 Å². The molecule has 5 nitrogen and oxygen atoms in total. The van der Waals surface area contributed by atoms with E-state index in [0.29, 0.717) is 11.6 Å². The molecular formula is C25H16N4OS. The van der Waals surface area contributed by atoms with E-state index in [2.05, 4.69) is 32.1 Å². The zero-order valence-electron chi connectivity index (χ0n) is 16.3. The second-order valence-electron chi connectivity index (χ2n) is 7.07. The molecule has 31 heavy (non-hydrogen) atoms. The molecule has 0 aliphatic heterocycles. The van der Waals surface area contributed by atoms with Crippen molar-refractivity contribution in [3.05, 3.63) is 96.4 Å². The van der Waals surface area contributed by atoms with Gasteiger partial charge in [-0.1, -0.05) is 66.7 Å². The summed E-state index contributed by atoms with van der Waals surface area (Å²) in [6.45, 7) is 0. The van der Waals surface area contributed by atoms with E-state index in [9.17, 15) is 0 Å². The lowest BCUT2D eigenvalue weighted by Gasteiger charge is -2.03. The van der Waals surface area contributed by atoms with Crippen molar-refractivity contribution < 1.29 is 4.42 Å². The number of rotatable bonds is 4. The van der Waals surface area contributed by atoms with Crippen LogP contribution >= 0.6 is 11.3 Å². The molecule has 3 aromatic carbocycles. The molecule has 0 radical (unpaired) electrons. The van der Waals surface area contributed by atoms with Gasteiger partial charge in [-0.25, -0.2) is 0 Å². The normalized spacial score (nSPS) is 11.7. The highest BCUT2D eigenvalue weighted by Gasteiger charge is 2.22. The van der Waals surface area contributed by atoms with Crippen LogP contribution in [0.4, 0.5) is 11.5 Å². The summed E-state index contributed by atoms with van der Waals surface area (Å²) in [5.41, 5.74) is 4.55. The molecular weight excluding hydrogens is 404 g/mol. The highest BCUT2D eigenvalue weighted by atomic mass is 32.1. The van der Waals surface area contributed by atoms with Crippen LogP contribution in [0.5, 0.6) is 0 Å². The third-order valence-corrected chi connectivity index (χ3v) is 5.92. The van der Waals surface area contributed by atoms with Gasteiger partial charge in [-0.2, -0.15) is 4.98 Å². The number of fused-ring (bicyclic) bond motifs is 2. The maximum atomic E-state index is 6.22. The quantitative estimate of drug-likeness (QED) is 0.272. The third kappa shape index (κ3) is 3.14. The van der Waals surface area contributed by atoms with Gasteiger partial charge in [0.15, 0.2) is 10.7 Å². The molecule has 6 heteroatoms. The molecule has 0 bridgehead atoms. The van der Waals surface area contributed by atoms with Crippen molar-refractivity contribution in [3.63, 3.8) is 0 Å². The molecule has 148 valence electrons. The van der Waals surface area contributed by atoms with Crippen LogP contribution in [0.2, 0.25) is 0 Å². The van der Waals surface area contributed by atoms with Crippen LogP contribution in [-0.2, 0) is 0 Å². The van der Waals surface area contributed by atoms with Crippen molar-refractivity contribution in [2.24, 2.45) is 10.2 Å². The van der Waals surface area contributed by atoms with Gasteiger partial charge in [0.2, 0.25) is 5.82 Å². The molecule has 6 aromatic rings. The van der Waals surface area contributed by atoms with Crippen LogP contribution in [0, 0.1) is 0 Å². The summed E-state index contributed by atoms with van der Waals surface area (Å²) < 4.78 is 8.32. The first kappa shape index (κ1) is 17.8. The van der Waals surface area contributed by atoms with Gasteiger partial charge in [-0.05, 0) is 29.8 Å². The minimum absolute atomic E-state index is 0.534. The number of hydrogen-bond acceptors (Lipinski definition) is 5. The Morgan fingerprint density at radius 1 is 0.806 bits per heavy atom. The lowest BCUT2D eigenvalue weighted by atomic mass is 10.2. The number of nitrogens with zero attached hydrogens (tertiary/aromatic N) is 4. The summed E-state index contributed by atoms with van der Waals surface area (Å²) in [7, 11) is 0. The number of azo groups is 1. The largest absolute Gasteiger partial charge is 0.454 e. The van der Waals surface area contributed by atoms with Crippen molar-refractivity contribution in [3.8, 4) is 22.7 Å². The second-order valence-corrected chi connectivity index (χ2v) is 7.91. The smallest absolute Gasteiger partial charge is 0.205 e. The Hall–Kier alpha value is -4.03. The van der Waals surface area contributed by atoms with Gasteiger partial charge in [-0.3, -0.25) is 4.40 Å². The van der Waals surface area contributed by atoms with Crippen LogP contribution in [0.3, 0.4) is 0 Å². The van der Waals surface area contributed by atoms with Crippen LogP contribution in [0.1, 0.15) is 0 Å². The molecule has 0 N–H and O–H groups in total. The Kier molecular flexibility index (Phi) is 4.21. The Bertz CT molecular complexity index is 1490. The van der Waals surface area contributed by atoms with E-state index in [4.69, 9.17) is 9.40 Å². The molecule has 3 heterocycles. The van der Waals surface area contributed by atoms with Crippen molar-refractivity contribution in [2.75, 3.05) is 0 Å². The van der Waals surface area contributed by atoms with Crippen molar-refractivity contribution in [1.82, 2.24) is 9.38 Å². The number of para-hydroxylation sites is 1. The standard InChI is InChI=1S/C25H16N4OS/c1-3-9-17(10-4-1)20-16-31-25-26-24(28-27-19-12-5-2-6-13-19)23(29(20)25)22-15-18-11-7-8-14-21(18)30-22/h1-16H. The molecule has 0 fully saturated rings. The molecule has 0 spiro atoms. The summed E-state index contributed by atoms with van der Waals surface area (Å²) >= 11 is 1.58. The first-order valence-electron chi connectivity index (χ1n) is 9.88. The summed E-state index contributed by atoms with van der Waals surface area (Å²) in [4.78, 5) is 5.63. The molecule has 0 aliphatic carbocycles. The van der Waals surface area contributed by atoms with Crippen molar-refractivity contribution in [2.45, 2.75) is 0 Å². The van der Waals surface area contributed by atoms with E-state index in [1.807, 2.05) is 78.9 Å².